The van der Waals surface area contributed by atoms with Crippen molar-refractivity contribution in [1.82, 2.24) is 4.98 Å². The molecule has 2 aliphatic rings. The van der Waals surface area contributed by atoms with Crippen LogP contribution in [0.25, 0.3) is 10.8 Å². The Morgan fingerprint density at radius 3 is 2.45 bits per heavy atom. The minimum atomic E-state index is -0.762. The molecule has 10 nitrogen and oxygen atoms in total. The first-order valence-corrected chi connectivity index (χ1v) is 16.6. The van der Waals surface area contributed by atoms with Gasteiger partial charge in [-0.1, -0.05) is 59.5 Å². The number of anilines is 2. The Hall–Kier alpha value is -5.07. The van der Waals surface area contributed by atoms with Crippen molar-refractivity contribution >= 4 is 63.0 Å². The summed E-state index contributed by atoms with van der Waals surface area (Å²) in [5, 5.41) is 4.79. The lowest BCUT2D eigenvalue weighted by Crippen LogP contribution is -2.32. The Morgan fingerprint density at radius 2 is 1.68 bits per heavy atom. The van der Waals surface area contributed by atoms with Gasteiger partial charge in [0.2, 0.25) is 11.8 Å². The summed E-state index contributed by atoms with van der Waals surface area (Å²) in [6.45, 7) is 1.89. The molecule has 0 bridgehead atoms. The number of benzene rings is 4. The molecule has 2 aliphatic heterocycles. The molecule has 3 heterocycles. The predicted molar refractivity (Wildman–Crippen MR) is 181 cm³/mol. The molecule has 3 unspecified atom stereocenters. The predicted octanol–water partition coefficient (Wildman–Crippen LogP) is 5.81. The lowest BCUT2D eigenvalue weighted by Gasteiger charge is -2.30. The number of ether oxygens (including phenoxy) is 3. The van der Waals surface area contributed by atoms with Gasteiger partial charge in [0.25, 0.3) is 5.91 Å². The first kappa shape index (κ1) is 30.6. The van der Waals surface area contributed by atoms with E-state index in [4.69, 9.17) is 14.2 Å². The first-order valence-electron chi connectivity index (χ1n) is 14.9. The number of methoxy groups -OCH3 is 1. The van der Waals surface area contributed by atoms with Crippen molar-refractivity contribution in [3.63, 3.8) is 0 Å². The van der Waals surface area contributed by atoms with Gasteiger partial charge in [-0.2, -0.15) is 0 Å². The van der Waals surface area contributed by atoms with Gasteiger partial charge in [0.15, 0.2) is 18.1 Å². The number of thioether (sulfide) groups is 1. The van der Waals surface area contributed by atoms with E-state index in [0.717, 1.165) is 22.1 Å². The van der Waals surface area contributed by atoms with Crippen LogP contribution >= 0.6 is 23.1 Å². The summed E-state index contributed by atoms with van der Waals surface area (Å²) in [5.41, 5.74) is 1.79. The molecule has 1 saturated heterocycles. The number of hydrogen-bond acceptors (Lipinski definition) is 9. The van der Waals surface area contributed by atoms with Crippen LogP contribution < -0.4 is 29.3 Å². The van der Waals surface area contributed by atoms with Crippen molar-refractivity contribution in [2.24, 2.45) is 5.92 Å². The summed E-state index contributed by atoms with van der Waals surface area (Å²) in [4.78, 5) is 57.6. The zero-order valence-electron chi connectivity index (χ0n) is 25.4. The van der Waals surface area contributed by atoms with Crippen molar-refractivity contribution in [2.45, 2.75) is 23.1 Å². The summed E-state index contributed by atoms with van der Waals surface area (Å²) in [7, 11) is 1.55. The van der Waals surface area contributed by atoms with Gasteiger partial charge < -0.3 is 24.5 Å². The van der Waals surface area contributed by atoms with Crippen LogP contribution in [0.15, 0.2) is 94.7 Å². The number of aromatic nitrogens is 1. The number of carbonyl (C=O) groups excluding carboxylic acids is 3. The third-order valence-corrected chi connectivity index (χ3v) is 10.6. The molecule has 0 spiro atoms. The van der Waals surface area contributed by atoms with Crippen LogP contribution in [0, 0.1) is 5.92 Å². The highest BCUT2D eigenvalue weighted by atomic mass is 32.2. The highest BCUT2D eigenvalue weighted by Gasteiger charge is 2.56. The number of H-pyrrole nitrogens is 1. The molecule has 3 amide bonds. The number of nitrogens with one attached hydrogen (secondary N) is 2. The average molecular weight is 668 g/mol. The van der Waals surface area contributed by atoms with Gasteiger partial charge in [0.05, 0.1) is 30.3 Å². The number of carbonyl (C=O) groups is 3. The summed E-state index contributed by atoms with van der Waals surface area (Å²) >= 11 is 2.24. The van der Waals surface area contributed by atoms with E-state index < -0.39 is 17.1 Å². The van der Waals surface area contributed by atoms with E-state index in [-0.39, 0.29) is 29.2 Å². The molecule has 5 aromatic rings. The van der Waals surface area contributed by atoms with Crippen molar-refractivity contribution in [3.8, 4) is 17.2 Å². The van der Waals surface area contributed by atoms with Crippen molar-refractivity contribution in [1.29, 1.82) is 0 Å². The fourth-order valence-electron chi connectivity index (χ4n) is 6.08. The van der Waals surface area contributed by atoms with Crippen LogP contribution in [-0.4, -0.2) is 48.3 Å². The highest BCUT2D eigenvalue weighted by Crippen LogP contribution is 2.54. The number of nitrogens with zero attached hydrogens (tertiary/aromatic N) is 1. The minimum Gasteiger partial charge on any atom is -0.497 e. The highest BCUT2D eigenvalue weighted by molar-refractivity contribution is 8.00. The minimum absolute atomic E-state index is 0.260. The molecule has 238 valence electrons. The van der Waals surface area contributed by atoms with Crippen LogP contribution in [0.2, 0.25) is 0 Å². The van der Waals surface area contributed by atoms with Gasteiger partial charge in [0.1, 0.15) is 11.0 Å². The van der Waals surface area contributed by atoms with Gasteiger partial charge >= 0.3 is 4.87 Å². The maximum absolute atomic E-state index is 14.1. The number of aromatic amines is 1. The average Bonchev–Trinajstić information content (AvgIpc) is 3.58. The number of thiazole rings is 1. The number of imide groups is 1. The molecule has 4 aromatic carbocycles. The van der Waals surface area contributed by atoms with Crippen LogP contribution in [0.5, 0.6) is 17.2 Å². The van der Waals surface area contributed by atoms with Crippen molar-refractivity contribution in [3.05, 3.63) is 105 Å². The van der Waals surface area contributed by atoms with E-state index in [9.17, 15) is 19.2 Å². The first-order chi connectivity index (χ1) is 22.8. The van der Waals surface area contributed by atoms with E-state index >= 15 is 0 Å². The summed E-state index contributed by atoms with van der Waals surface area (Å²) in [6, 6.07) is 25.6. The SMILES string of the molecule is CCOc1cc(C2c3sc(=O)[nH]c3SC3C(=O)N(c4ccc(OC)cc4)C(=O)C32)ccc1OCC(=O)Nc1ccc2ccccc2c1. The molecule has 12 heteroatoms. The van der Waals surface area contributed by atoms with Gasteiger partial charge in [-0.3, -0.25) is 19.2 Å². The Labute approximate surface area is 277 Å². The summed E-state index contributed by atoms with van der Waals surface area (Å²) in [6.07, 6.45) is 0. The van der Waals surface area contributed by atoms with Crippen molar-refractivity contribution < 1.29 is 28.6 Å². The third-order valence-electron chi connectivity index (χ3n) is 8.17. The molecule has 0 saturated carbocycles. The molecule has 47 heavy (non-hydrogen) atoms. The van der Waals surface area contributed by atoms with Crippen molar-refractivity contribution in [2.75, 3.05) is 30.5 Å². The second kappa shape index (κ2) is 12.6. The van der Waals surface area contributed by atoms with Crippen LogP contribution in [-0.2, 0) is 14.4 Å². The monoisotopic (exact) mass is 667 g/mol. The largest absolute Gasteiger partial charge is 0.497 e. The fraction of sp³-hybridized carbons (Fsp3) is 0.200. The topological polar surface area (TPSA) is 127 Å². The van der Waals surface area contributed by atoms with E-state index in [0.29, 0.717) is 50.7 Å². The van der Waals surface area contributed by atoms with Crippen LogP contribution in [0.4, 0.5) is 11.4 Å². The quantitative estimate of drug-likeness (QED) is 0.189. The maximum Gasteiger partial charge on any atom is 0.305 e. The van der Waals surface area contributed by atoms with Gasteiger partial charge in [-0.05, 0) is 71.8 Å². The number of amides is 3. The Morgan fingerprint density at radius 1 is 0.894 bits per heavy atom. The molecule has 0 radical (unpaired) electrons. The van der Waals surface area contributed by atoms with Gasteiger partial charge in [-0.15, -0.1) is 0 Å². The zero-order valence-corrected chi connectivity index (χ0v) is 27.0. The van der Waals surface area contributed by atoms with E-state index in [1.54, 1.807) is 49.6 Å². The summed E-state index contributed by atoms with van der Waals surface area (Å²) in [5.74, 6) is -1.05. The van der Waals surface area contributed by atoms with Gasteiger partial charge in [-0.25, -0.2) is 4.90 Å². The van der Waals surface area contributed by atoms with E-state index in [1.165, 1.54) is 16.7 Å². The fourth-order valence-corrected chi connectivity index (χ4v) is 8.59. The molecule has 0 aliphatic carbocycles. The Kier molecular flexibility index (Phi) is 8.21. The lowest BCUT2D eigenvalue weighted by atomic mass is 9.83. The molecular weight excluding hydrogens is 639 g/mol. The molecular formula is C35H29N3O7S2. The van der Waals surface area contributed by atoms with Gasteiger partial charge in [0, 0.05) is 16.5 Å². The Bertz CT molecular complexity index is 2070. The number of hydrogen-bond donors (Lipinski definition) is 2. The smallest absolute Gasteiger partial charge is 0.305 e. The second-order valence-electron chi connectivity index (χ2n) is 11.0. The molecule has 1 aromatic heterocycles. The zero-order chi connectivity index (χ0) is 32.7. The number of fused-ring (bicyclic) bond motifs is 3. The normalized spacial score (nSPS) is 18.5. The lowest BCUT2D eigenvalue weighted by molar-refractivity contribution is -0.122. The standard InChI is InChI=1S/C35H29N3O7S2/c1-3-44-26-17-21(9-15-25(26)45-18-27(39)36-22-10-8-19-6-4-5-7-20(19)16-22)28-29-31(46-32-30(28)47-35(42)37-32)34(41)38(33(29)40)23-11-13-24(43-2)14-12-23/h4-17,28-29,31H,3,18H2,1-2H3,(H,36,39)(H,37,42). The molecule has 7 rings (SSSR count). The third kappa shape index (κ3) is 5.74. The summed E-state index contributed by atoms with van der Waals surface area (Å²) < 4.78 is 17.1. The molecule has 3 atom stereocenters. The van der Waals surface area contributed by atoms with Crippen LogP contribution in [0.3, 0.4) is 0 Å². The molecule has 2 N–H and O–H groups in total. The maximum atomic E-state index is 14.1. The molecule has 1 fully saturated rings. The Balaban J connectivity index is 1.16. The number of rotatable bonds is 9. The second-order valence-corrected chi connectivity index (χ2v) is 13.2. The van der Waals surface area contributed by atoms with Crippen LogP contribution in [0.1, 0.15) is 23.3 Å². The van der Waals surface area contributed by atoms with E-state index in [2.05, 4.69) is 10.3 Å². The van der Waals surface area contributed by atoms with E-state index in [1.807, 2.05) is 49.4 Å².